The lowest BCUT2D eigenvalue weighted by Gasteiger charge is -2.15. The fourth-order valence-corrected chi connectivity index (χ4v) is 3.67. The number of ether oxygens (including phenoxy) is 2. The van der Waals surface area contributed by atoms with Gasteiger partial charge in [-0.2, -0.15) is 0 Å². The van der Waals surface area contributed by atoms with E-state index in [1.54, 1.807) is 24.3 Å². The molecule has 7 nitrogen and oxygen atoms in total. The van der Waals surface area contributed by atoms with E-state index in [9.17, 15) is 13.2 Å². The molecular weight excluding hydrogens is 416 g/mol. The van der Waals surface area contributed by atoms with Gasteiger partial charge >= 0.3 is 0 Å². The molecule has 9 heteroatoms. The molecular formula is C20H25ClN2O5S. The molecule has 1 N–H and O–H groups in total. The molecule has 0 aliphatic rings. The molecule has 2 rings (SSSR count). The molecule has 0 unspecified atom stereocenters. The van der Waals surface area contributed by atoms with Crippen LogP contribution in [0.25, 0.3) is 0 Å². The summed E-state index contributed by atoms with van der Waals surface area (Å²) in [5.74, 6) is 0.586. The van der Waals surface area contributed by atoms with Gasteiger partial charge in [0.2, 0.25) is 10.0 Å². The first-order valence-electron chi connectivity index (χ1n) is 9.03. The number of rotatable bonds is 10. The van der Waals surface area contributed by atoms with Crippen LogP contribution in [0.1, 0.15) is 23.2 Å². The number of unbranched alkanes of at least 4 members (excludes halogenated alkanes) is 1. The van der Waals surface area contributed by atoms with E-state index in [-0.39, 0.29) is 22.1 Å². The second kappa shape index (κ2) is 10.5. The number of sulfonamides is 1. The van der Waals surface area contributed by atoms with Crippen LogP contribution < -0.4 is 14.8 Å². The number of carbonyl (C=O) groups excluding carboxylic acids is 1. The van der Waals surface area contributed by atoms with Gasteiger partial charge in [0.05, 0.1) is 13.7 Å². The molecule has 0 saturated heterocycles. The number of hydrogen-bond acceptors (Lipinski definition) is 5. The molecule has 1 amide bonds. The number of benzene rings is 2. The second-order valence-electron chi connectivity index (χ2n) is 6.42. The van der Waals surface area contributed by atoms with Gasteiger partial charge in [0.1, 0.15) is 16.4 Å². The van der Waals surface area contributed by atoms with Crippen molar-refractivity contribution in [2.24, 2.45) is 0 Å². The Balaban J connectivity index is 1.86. The summed E-state index contributed by atoms with van der Waals surface area (Å²) in [7, 11) is 0.500. The summed E-state index contributed by atoms with van der Waals surface area (Å²) in [5, 5.41) is 3.44. The summed E-state index contributed by atoms with van der Waals surface area (Å²) in [6.07, 6.45) is 1.48. The van der Waals surface area contributed by atoms with Crippen molar-refractivity contribution in [2.45, 2.75) is 17.7 Å². The van der Waals surface area contributed by atoms with Crippen LogP contribution in [0.5, 0.6) is 11.5 Å². The quantitative estimate of drug-likeness (QED) is 0.573. The van der Waals surface area contributed by atoms with Crippen LogP contribution >= 0.6 is 11.6 Å². The summed E-state index contributed by atoms with van der Waals surface area (Å²) in [4.78, 5) is 12.3. The minimum absolute atomic E-state index is 0.0472. The molecule has 2 aromatic carbocycles. The van der Waals surface area contributed by atoms with Gasteiger partial charge in [-0.15, -0.1) is 0 Å². The van der Waals surface area contributed by atoms with Crippen LogP contribution in [0.15, 0.2) is 47.4 Å². The third-order valence-electron chi connectivity index (χ3n) is 4.12. The zero-order valence-corrected chi connectivity index (χ0v) is 18.2. The first-order chi connectivity index (χ1) is 13.8. The Hall–Kier alpha value is -2.29. The number of halogens is 1. The summed E-state index contributed by atoms with van der Waals surface area (Å²) in [6.45, 7) is 0.968. The normalized spacial score (nSPS) is 11.3. The molecule has 0 bridgehead atoms. The fraction of sp³-hybridized carbons (Fsp3) is 0.350. The molecule has 0 saturated carbocycles. The molecule has 0 atom stereocenters. The number of nitrogens with zero attached hydrogens (tertiary/aromatic N) is 1. The van der Waals surface area contributed by atoms with Crippen LogP contribution in [0, 0.1) is 0 Å². The lowest BCUT2D eigenvalue weighted by molar-refractivity contribution is 0.0952. The van der Waals surface area contributed by atoms with Crippen molar-refractivity contribution < 1.29 is 22.7 Å². The van der Waals surface area contributed by atoms with Crippen molar-refractivity contribution in [3.05, 3.63) is 53.1 Å². The Labute approximate surface area is 176 Å². The highest BCUT2D eigenvalue weighted by Crippen LogP contribution is 2.26. The lowest BCUT2D eigenvalue weighted by atomic mass is 10.2. The van der Waals surface area contributed by atoms with E-state index in [2.05, 4.69) is 5.32 Å². The van der Waals surface area contributed by atoms with Crippen molar-refractivity contribution in [3.63, 3.8) is 0 Å². The van der Waals surface area contributed by atoms with E-state index in [4.69, 9.17) is 21.1 Å². The van der Waals surface area contributed by atoms with Gasteiger partial charge in [0.25, 0.3) is 5.91 Å². The highest BCUT2D eigenvalue weighted by atomic mass is 35.5. The smallest absolute Gasteiger partial charge is 0.251 e. The minimum Gasteiger partial charge on any atom is -0.495 e. The van der Waals surface area contributed by atoms with Crippen molar-refractivity contribution in [2.75, 3.05) is 34.4 Å². The average molecular weight is 441 g/mol. The Morgan fingerprint density at radius 3 is 2.41 bits per heavy atom. The van der Waals surface area contributed by atoms with Crippen molar-refractivity contribution in [1.82, 2.24) is 9.62 Å². The van der Waals surface area contributed by atoms with Gasteiger partial charge in [-0.1, -0.05) is 11.6 Å². The summed E-state index contributed by atoms with van der Waals surface area (Å²) in [5.41, 5.74) is 0.253. The van der Waals surface area contributed by atoms with Gasteiger partial charge in [-0.3, -0.25) is 4.79 Å². The topological polar surface area (TPSA) is 84.9 Å². The average Bonchev–Trinajstić information content (AvgIpc) is 2.71. The fourth-order valence-electron chi connectivity index (χ4n) is 2.47. The summed E-state index contributed by atoms with van der Waals surface area (Å²) >= 11 is 5.82. The van der Waals surface area contributed by atoms with Gasteiger partial charge in [-0.25, -0.2) is 12.7 Å². The predicted molar refractivity (Wildman–Crippen MR) is 112 cm³/mol. The van der Waals surface area contributed by atoms with E-state index >= 15 is 0 Å². The molecule has 0 heterocycles. The molecule has 29 heavy (non-hydrogen) atoms. The molecule has 158 valence electrons. The molecule has 0 spiro atoms. The maximum Gasteiger partial charge on any atom is 0.251 e. The molecule has 0 aliphatic heterocycles. The van der Waals surface area contributed by atoms with Gasteiger partial charge < -0.3 is 14.8 Å². The summed E-state index contributed by atoms with van der Waals surface area (Å²) in [6, 6.07) is 11.5. The number of hydrogen-bond donors (Lipinski definition) is 1. The van der Waals surface area contributed by atoms with Crippen molar-refractivity contribution in [3.8, 4) is 11.5 Å². The molecule has 0 aromatic heterocycles. The van der Waals surface area contributed by atoms with Crippen LogP contribution in [0.3, 0.4) is 0 Å². The predicted octanol–water partition coefficient (Wildman–Crippen LogP) is 3.19. The lowest BCUT2D eigenvalue weighted by Crippen LogP contribution is -2.26. The number of amides is 1. The highest BCUT2D eigenvalue weighted by molar-refractivity contribution is 7.89. The van der Waals surface area contributed by atoms with E-state index in [1.807, 2.05) is 0 Å². The number of nitrogens with one attached hydrogen (secondary N) is 1. The van der Waals surface area contributed by atoms with E-state index in [1.165, 1.54) is 39.4 Å². The minimum atomic E-state index is -3.73. The zero-order valence-electron chi connectivity index (χ0n) is 16.6. The Bertz CT molecular complexity index is 930. The second-order valence-corrected chi connectivity index (χ2v) is 8.98. The van der Waals surface area contributed by atoms with Crippen LogP contribution in [0.2, 0.25) is 5.02 Å². The van der Waals surface area contributed by atoms with E-state index in [0.717, 1.165) is 22.9 Å². The largest absolute Gasteiger partial charge is 0.495 e. The first kappa shape index (κ1) is 23.0. The molecule has 0 radical (unpaired) electrons. The van der Waals surface area contributed by atoms with Crippen molar-refractivity contribution in [1.29, 1.82) is 0 Å². The van der Waals surface area contributed by atoms with Crippen LogP contribution in [-0.4, -0.2) is 53.0 Å². The molecule has 2 aromatic rings. The van der Waals surface area contributed by atoms with Crippen LogP contribution in [0.4, 0.5) is 0 Å². The highest BCUT2D eigenvalue weighted by Gasteiger charge is 2.23. The van der Waals surface area contributed by atoms with E-state index in [0.29, 0.717) is 18.2 Å². The third kappa shape index (κ3) is 6.35. The Kier molecular flexibility index (Phi) is 8.31. The van der Waals surface area contributed by atoms with E-state index < -0.39 is 10.0 Å². The molecule has 0 aliphatic carbocycles. The van der Waals surface area contributed by atoms with Crippen molar-refractivity contribution >= 4 is 27.5 Å². The monoisotopic (exact) mass is 440 g/mol. The standard InChI is InChI=1S/C20H25ClN2O5S/c1-23(2)29(25,26)19-14-15(6-11-18(19)27-3)20(24)22-12-4-5-13-28-17-9-7-16(21)8-10-17/h6-11,14H,4-5,12-13H2,1-3H3,(H,22,24). The van der Waals surface area contributed by atoms with Gasteiger partial charge in [0.15, 0.2) is 0 Å². The SMILES string of the molecule is COc1ccc(C(=O)NCCCCOc2ccc(Cl)cc2)cc1S(=O)(=O)N(C)C. The third-order valence-corrected chi connectivity index (χ3v) is 6.21. The van der Waals surface area contributed by atoms with Gasteiger partial charge in [0, 0.05) is 31.2 Å². The maximum absolute atomic E-state index is 12.4. The number of methoxy groups -OCH3 is 1. The Morgan fingerprint density at radius 2 is 1.79 bits per heavy atom. The summed E-state index contributed by atoms with van der Waals surface area (Å²) < 4.78 is 36.7. The molecule has 0 fully saturated rings. The zero-order chi connectivity index (χ0) is 21.4. The van der Waals surface area contributed by atoms with Gasteiger partial charge in [-0.05, 0) is 55.3 Å². The Morgan fingerprint density at radius 1 is 1.10 bits per heavy atom. The maximum atomic E-state index is 12.4. The first-order valence-corrected chi connectivity index (χ1v) is 10.8. The van der Waals surface area contributed by atoms with Crippen LogP contribution in [-0.2, 0) is 10.0 Å². The number of carbonyl (C=O) groups is 1.